The Bertz CT molecular complexity index is 163. The van der Waals surface area contributed by atoms with Crippen molar-refractivity contribution in [2.24, 2.45) is 11.5 Å². The number of hydrogen-bond donors (Lipinski definition) is 2. The van der Waals surface area contributed by atoms with E-state index >= 15 is 0 Å². The Morgan fingerprint density at radius 1 is 1.46 bits per heavy atom. The monoisotopic (exact) mass is 188 g/mol. The van der Waals surface area contributed by atoms with E-state index in [1.165, 1.54) is 0 Å². The number of nitrogens with two attached hydrogens (primary N) is 2. The summed E-state index contributed by atoms with van der Waals surface area (Å²) in [5, 5.41) is 0. The topological polar surface area (TPSA) is 78.3 Å². The molecule has 0 spiro atoms. The fourth-order valence-corrected chi connectivity index (χ4v) is 0.833. The SMILES string of the molecule is CC(C)(C)OC(=O)[C@H](N)CCCN. The first-order valence-electron chi connectivity index (χ1n) is 4.55. The summed E-state index contributed by atoms with van der Waals surface area (Å²) in [7, 11) is 0. The molecule has 0 bridgehead atoms. The van der Waals surface area contributed by atoms with Crippen LogP contribution in [0.2, 0.25) is 0 Å². The second-order valence-corrected chi connectivity index (χ2v) is 4.07. The van der Waals surface area contributed by atoms with Gasteiger partial charge in [0.1, 0.15) is 11.6 Å². The molecule has 0 aromatic carbocycles. The Hall–Kier alpha value is -0.610. The molecule has 0 aliphatic heterocycles. The summed E-state index contributed by atoms with van der Waals surface area (Å²) >= 11 is 0. The van der Waals surface area contributed by atoms with E-state index in [2.05, 4.69) is 0 Å². The molecule has 4 nitrogen and oxygen atoms in total. The summed E-state index contributed by atoms with van der Waals surface area (Å²) in [5.74, 6) is -0.346. The standard InChI is InChI=1S/C9H20N2O2/c1-9(2,3)13-8(12)7(11)5-4-6-10/h7H,4-6,10-11H2,1-3H3/t7-/m1/s1. The predicted molar refractivity (Wildman–Crippen MR) is 52.1 cm³/mol. The molecular weight excluding hydrogens is 168 g/mol. The Balaban J connectivity index is 3.83. The molecule has 0 amide bonds. The minimum atomic E-state index is -0.539. The van der Waals surface area contributed by atoms with Gasteiger partial charge in [-0.2, -0.15) is 0 Å². The van der Waals surface area contributed by atoms with E-state index in [-0.39, 0.29) is 5.97 Å². The van der Waals surface area contributed by atoms with Gasteiger partial charge >= 0.3 is 5.97 Å². The average Bonchev–Trinajstić information content (AvgIpc) is 1.96. The van der Waals surface area contributed by atoms with Crippen molar-refractivity contribution < 1.29 is 9.53 Å². The van der Waals surface area contributed by atoms with E-state index in [0.717, 1.165) is 6.42 Å². The third kappa shape index (κ3) is 6.54. The lowest BCUT2D eigenvalue weighted by Crippen LogP contribution is -2.37. The Morgan fingerprint density at radius 3 is 2.38 bits per heavy atom. The minimum absolute atomic E-state index is 0.346. The molecule has 0 aromatic heterocycles. The van der Waals surface area contributed by atoms with Gasteiger partial charge in [0.25, 0.3) is 0 Å². The number of carbonyl (C=O) groups excluding carboxylic acids is 1. The molecule has 0 unspecified atom stereocenters. The zero-order valence-corrected chi connectivity index (χ0v) is 8.67. The summed E-state index contributed by atoms with van der Waals surface area (Å²) in [6, 6.07) is -0.539. The highest BCUT2D eigenvalue weighted by atomic mass is 16.6. The van der Waals surface area contributed by atoms with Gasteiger partial charge in [-0.3, -0.25) is 4.79 Å². The smallest absolute Gasteiger partial charge is 0.323 e. The van der Waals surface area contributed by atoms with Crippen molar-refractivity contribution in [3.8, 4) is 0 Å². The van der Waals surface area contributed by atoms with E-state index in [1.54, 1.807) is 0 Å². The number of hydrogen-bond acceptors (Lipinski definition) is 4. The zero-order chi connectivity index (χ0) is 10.5. The van der Waals surface area contributed by atoms with Crippen molar-refractivity contribution in [3.05, 3.63) is 0 Å². The van der Waals surface area contributed by atoms with Crippen LogP contribution in [0.4, 0.5) is 0 Å². The molecule has 0 heterocycles. The van der Waals surface area contributed by atoms with Crippen LogP contribution in [0, 0.1) is 0 Å². The quantitative estimate of drug-likeness (QED) is 0.626. The molecule has 4 heteroatoms. The highest BCUT2D eigenvalue weighted by Gasteiger charge is 2.21. The largest absolute Gasteiger partial charge is 0.459 e. The fraction of sp³-hybridized carbons (Fsp3) is 0.889. The molecule has 4 N–H and O–H groups in total. The summed E-state index contributed by atoms with van der Waals surface area (Å²) < 4.78 is 5.09. The van der Waals surface area contributed by atoms with Crippen LogP contribution in [0.1, 0.15) is 33.6 Å². The highest BCUT2D eigenvalue weighted by molar-refractivity contribution is 5.75. The van der Waals surface area contributed by atoms with Crippen molar-refractivity contribution in [2.45, 2.75) is 45.3 Å². The van der Waals surface area contributed by atoms with Crippen LogP contribution in [0.15, 0.2) is 0 Å². The third-order valence-electron chi connectivity index (χ3n) is 1.43. The molecule has 0 rings (SSSR count). The molecule has 0 radical (unpaired) electrons. The van der Waals surface area contributed by atoms with Crippen LogP contribution < -0.4 is 11.5 Å². The lowest BCUT2D eigenvalue weighted by Gasteiger charge is -2.21. The molecular formula is C9H20N2O2. The first-order chi connectivity index (χ1) is 5.87. The summed E-state index contributed by atoms with van der Waals surface area (Å²) in [4.78, 5) is 11.3. The van der Waals surface area contributed by atoms with Gasteiger partial charge < -0.3 is 16.2 Å². The van der Waals surface area contributed by atoms with Crippen LogP contribution >= 0.6 is 0 Å². The molecule has 0 fully saturated rings. The van der Waals surface area contributed by atoms with Crippen LogP contribution in [0.5, 0.6) is 0 Å². The molecule has 0 saturated carbocycles. The number of carbonyl (C=O) groups is 1. The van der Waals surface area contributed by atoms with Gasteiger partial charge in [-0.25, -0.2) is 0 Å². The first kappa shape index (κ1) is 12.4. The Kier molecular flexibility index (Phi) is 4.95. The van der Waals surface area contributed by atoms with Crippen molar-refractivity contribution >= 4 is 5.97 Å². The average molecular weight is 188 g/mol. The van der Waals surface area contributed by atoms with Gasteiger partial charge in [-0.05, 0) is 40.2 Å². The van der Waals surface area contributed by atoms with Crippen molar-refractivity contribution in [1.29, 1.82) is 0 Å². The van der Waals surface area contributed by atoms with Crippen LogP contribution in [-0.4, -0.2) is 24.2 Å². The van der Waals surface area contributed by atoms with Crippen molar-refractivity contribution in [3.63, 3.8) is 0 Å². The van der Waals surface area contributed by atoms with Crippen molar-refractivity contribution in [2.75, 3.05) is 6.54 Å². The molecule has 0 aliphatic rings. The Morgan fingerprint density at radius 2 is 2.00 bits per heavy atom. The maximum absolute atomic E-state index is 11.3. The van der Waals surface area contributed by atoms with Gasteiger partial charge in [0.05, 0.1) is 0 Å². The van der Waals surface area contributed by atoms with Crippen LogP contribution in [0.3, 0.4) is 0 Å². The Labute approximate surface area is 79.6 Å². The van der Waals surface area contributed by atoms with E-state index < -0.39 is 11.6 Å². The second-order valence-electron chi connectivity index (χ2n) is 4.07. The maximum atomic E-state index is 11.3. The third-order valence-corrected chi connectivity index (χ3v) is 1.43. The summed E-state index contributed by atoms with van der Waals surface area (Å²) in [5.41, 5.74) is 10.4. The molecule has 0 aliphatic carbocycles. The molecule has 0 aromatic rings. The number of esters is 1. The van der Waals surface area contributed by atoms with Gasteiger partial charge in [0, 0.05) is 0 Å². The molecule has 0 saturated heterocycles. The van der Waals surface area contributed by atoms with Crippen LogP contribution in [0.25, 0.3) is 0 Å². The van der Waals surface area contributed by atoms with Gasteiger partial charge in [0.2, 0.25) is 0 Å². The maximum Gasteiger partial charge on any atom is 0.323 e. The summed E-state index contributed by atoms with van der Waals surface area (Å²) in [6.07, 6.45) is 1.34. The second kappa shape index (κ2) is 5.19. The highest BCUT2D eigenvalue weighted by Crippen LogP contribution is 2.09. The fourth-order valence-electron chi connectivity index (χ4n) is 0.833. The van der Waals surface area contributed by atoms with Crippen molar-refractivity contribution in [1.82, 2.24) is 0 Å². The minimum Gasteiger partial charge on any atom is -0.459 e. The molecule has 13 heavy (non-hydrogen) atoms. The molecule has 78 valence electrons. The van der Waals surface area contributed by atoms with Crippen LogP contribution in [-0.2, 0) is 9.53 Å². The normalized spacial score (nSPS) is 13.9. The van der Waals surface area contributed by atoms with Gasteiger partial charge in [-0.1, -0.05) is 0 Å². The molecule has 1 atom stereocenters. The van der Waals surface area contributed by atoms with E-state index in [4.69, 9.17) is 16.2 Å². The zero-order valence-electron chi connectivity index (χ0n) is 8.67. The lowest BCUT2D eigenvalue weighted by atomic mass is 10.1. The van der Waals surface area contributed by atoms with E-state index in [0.29, 0.717) is 13.0 Å². The van der Waals surface area contributed by atoms with E-state index in [1.807, 2.05) is 20.8 Å². The number of rotatable bonds is 4. The van der Waals surface area contributed by atoms with Gasteiger partial charge in [0.15, 0.2) is 0 Å². The van der Waals surface area contributed by atoms with E-state index in [9.17, 15) is 4.79 Å². The number of ether oxygens (including phenoxy) is 1. The van der Waals surface area contributed by atoms with Gasteiger partial charge in [-0.15, -0.1) is 0 Å². The first-order valence-corrected chi connectivity index (χ1v) is 4.55. The summed E-state index contributed by atoms with van der Waals surface area (Å²) in [6.45, 7) is 6.01. The lowest BCUT2D eigenvalue weighted by molar-refractivity contribution is -0.156. The predicted octanol–water partition coefficient (Wildman–Crippen LogP) is 0.394.